The lowest BCUT2D eigenvalue weighted by atomic mass is 9.93. The Hall–Kier alpha value is -0.960. The molecule has 14 heavy (non-hydrogen) atoms. The van der Waals surface area contributed by atoms with E-state index in [1.54, 1.807) is 0 Å². The fourth-order valence-electron chi connectivity index (χ4n) is 1.37. The summed E-state index contributed by atoms with van der Waals surface area (Å²) in [5.74, 6) is -1.04. The molecule has 0 saturated carbocycles. The van der Waals surface area contributed by atoms with Crippen molar-refractivity contribution in [3.8, 4) is 0 Å². The van der Waals surface area contributed by atoms with Crippen LogP contribution >= 0.6 is 0 Å². The van der Waals surface area contributed by atoms with Crippen molar-refractivity contribution in [2.75, 3.05) is 0 Å². The SMILES string of the molecule is CCC(C)[C@@H](N)c1c(F)cccc1F. The van der Waals surface area contributed by atoms with Crippen LogP contribution in [0.25, 0.3) is 0 Å². The lowest BCUT2D eigenvalue weighted by molar-refractivity contribution is 0.419. The molecule has 0 saturated heterocycles. The summed E-state index contributed by atoms with van der Waals surface area (Å²) in [6.45, 7) is 3.83. The molecular weight excluding hydrogens is 184 g/mol. The van der Waals surface area contributed by atoms with Gasteiger partial charge in [0.05, 0.1) is 0 Å². The summed E-state index contributed by atoms with van der Waals surface area (Å²) in [5, 5.41) is 0. The lowest BCUT2D eigenvalue weighted by Crippen LogP contribution is -2.21. The topological polar surface area (TPSA) is 26.0 Å². The van der Waals surface area contributed by atoms with E-state index in [4.69, 9.17) is 5.73 Å². The van der Waals surface area contributed by atoms with Crippen LogP contribution in [0.2, 0.25) is 0 Å². The second-order valence-electron chi connectivity index (χ2n) is 3.55. The molecule has 2 atom stereocenters. The Bertz CT molecular complexity index is 292. The molecule has 1 unspecified atom stereocenters. The molecule has 0 radical (unpaired) electrons. The monoisotopic (exact) mass is 199 g/mol. The molecule has 0 spiro atoms. The van der Waals surface area contributed by atoms with Crippen LogP contribution in [-0.2, 0) is 0 Å². The molecule has 0 bridgehead atoms. The van der Waals surface area contributed by atoms with E-state index in [1.807, 2.05) is 13.8 Å². The summed E-state index contributed by atoms with van der Waals surface area (Å²) in [6.07, 6.45) is 0.801. The van der Waals surface area contributed by atoms with Gasteiger partial charge in [0.2, 0.25) is 0 Å². The first-order valence-corrected chi connectivity index (χ1v) is 4.77. The van der Waals surface area contributed by atoms with E-state index in [0.717, 1.165) is 6.42 Å². The molecule has 2 N–H and O–H groups in total. The summed E-state index contributed by atoms with van der Waals surface area (Å²) in [4.78, 5) is 0. The molecule has 0 heterocycles. The van der Waals surface area contributed by atoms with E-state index in [9.17, 15) is 8.78 Å². The highest BCUT2D eigenvalue weighted by Gasteiger charge is 2.20. The molecule has 0 aliphatic carbocycles. The van der Waals surface area contributed by atoms with E-state index in [-0.39, 0.29) is 11.5 Å². The van der Waals surface area contributed by atoms with Crippen molar-refractivity contribution in [1.29, 1.82) is 0 Å². The fraction of sp³-hybridized carbons (Fsp3) is 0.455. The zero-order valence-electron chi connectivity index (χ0n) is 8.43. The van der Waals surface area contributed by atoms with Crippen LogP contribution in [0.5, 0.6) is 0 Å². The van der Waals surface area contributed by atoms with Crippen LogP contribution in [0.4, 0.5) is 8.78 Å². The average Bonchev–Trinajstić information content (AvgIpc) is 2.16. The van der Waals surface area contributed by atoms with Gasteiger partial charge in [0, 0.05) is 11.6 Å². The minimum Gasteiger partial charge on any atom is -0.324 e. The molecule has 1 aromatic carbocycles. The van der Waals surface area contributed by atoms with Crippen LogP contribution < -0.4 is 5.73 Å². The molecule has 1 nitrogen and oxygen atoms in total. The number of hydrogen-bond acceptors (Lipinski definition) is 1. The molecule has 0 aliphatic rings. The third kappa shape index (κ3) is 2.10. The zero-order valence-corrected chi connectivity index (χ0v) is 8.43. The van der Waals surface area contributed by atoms with Gasteiger partial charge >= 0.3 is 0 Å². The molecular formula is C11H15F2N. The number of nitrogens with two attached hydrogens (primary N) is 1. The molecule has 78 valence electrons. The average molecular weight is 199 g/mol. The summed E-state index contributed by atoms with van der Waals surface area (Å²) in [6, 6.07) is 3.25. The summed E-state index contributed by atoms with van der Waals surface area (Å²) >= 11 is 0. The van der Waals surface area contributed by atoms with Crippen molar-refractivity contribution in [1.82, 2.24) is 0 Å². The van der Waals surface area contributed by atoms with Gasteiger partial charge in [-0.2, -0.15) is 0 Å². The third-order valence-electron chi connectivity index (χ3n) is 2.59. The minimum absolute atomic E-state index is 0.00171. The summed E-state index contributed by atoms with van der Waals surface area (Å²) in [7, 11) is 0. The summed E-state index contributed by atoms with van der Waals surface area (Å²) < 4.78 is 26.6. The lowest BCUT2D eigenvalue weighted by Gasteiger charge is -2.19. The Morgan fingerprint density at radius 2 is 1.79 bits per heavy atom. The molecule has 0 aliphatic heterocycles. The third-order valence-corrected chi connectivity index (χ3v) is 2.59. The first-order valence-electron chi connectivity index (χ1n) is 4.77. The second-order valence-corrected chi connectivity index (χ2v) is 3.55. The van der Waals surface area contributed by atoms with Crippen LogP contribution in [-0.4, -0.2) is 0 Å². The van der Waals surface area contributed by atoms with Gasteiger partial charge in [0.15, 0.2) is 0 Å². The predicted molar refractivity (Wildman–Crippen MR) is 52.7 cm³/mol. The smallest absolute Gasteiger partial charge is 0.130 e. The maximum absolute atomic E-state index is 13.3. The van der Waals surface area contributed by atoms with Crippen molar-refractivity contribution < 1.29 is 8.78 Å². The first kappa shape index (κ1) is 11.1. The number of rotatable bonds is 3. The van der Waals surface area contributed by atoms with Crippen molar-refractivity contribution in [2.24, 2.45) is 11.7 Å². The summed E-state index contributed by atoms with van der Waals surface area (Å²) in [5.41, 5.74) is 5.77. The highest BCUT2D eigenvalue weighted by Crippen LogP contribution is 2.26. The van der Waals surface area contributed by atoms with Gasteiger partial charge in [0.25, 0.3) is 0 Å². The van der Waals surface area contributed by atoms with Crippen molar-refractivity contribution in [3.05, 3.63) is 35.4 Å². The molecule has 0 fully saturated rings. The van der Waals surface area contributed by atoms with Crippen molar-refractivity contribution >= 4 is 0 Å². The molecule has 1 rings (SSSR count). The van der Waals surface area contributed by atoms with Gasteiger partial charge in [-0.15, -0.1) is 0 Å². The van der Waals surface area contributed by atoms with E-state index in [0.29, 0.717) is 0 Å². The maximum atomic E-state index is 13.3. The maximum Gasteiger partial charge on any atom is 0.130 e. The zero-order chi connectivity index (χ0) is 10.7. The highest BCUT2D eigenvalue weighted by atomic mass is 19.1. The predicted octanol–water partition coefficient (Wildman–Crippen LogP) is 3.01. The van der Waals surface area contributed by atoms with E-state index >= 15 is 0 Å². The van der Waals surface area contributed by atoms with E-state index < -0.39 is 17.7 Å². The first-order chi connectivity index (χ1) is 6.57. The normalized spacial score (nSPS) is 15.2. The van der Waals surface area contributed by atoms with Crippen molar-refractivity contribution in [3.63, 3.8) is 0 Å². The van der Waals surface area contributed by atoms with Gasteiger partial charge in [-0.25, -0.2) is 8.78 Å². The Morgan fingerprint density at radius 3 is 2.21 bits per heavy atom. The standard InChI is InChI=1S/C11H15F2N/c1-3-7(2)11(14)10-8(12)5-4-6-9(10)13/h4-7,11H,3,14H2,1-2H3/t7?,11-/m1/s1. The van der Waals surface area contributed by atoms with Crippen LogP contribution in [0.15, 0.2) is 18.2 Å². The number of hydrogen-bond donors (Lipinski definition) is 1. The number of halogens is 2. The fourth-order valence-corrected chi connectivity index (χ4v) is 1.37. The Kier molecular flexibility index (Phi) is 3.58. The van der Waals surface area contributed by atoms with Gasteiger partial charge in [-0.3, -0.25) is 0 Å². The molecule has 0 amide bonds. The quantitative estimate of drug-likeness (QED) is 0.795. The van der Waals surface area contributed by atoms with Crippen molar-refractivity contribution in [2.45, 2.75) is 26.3 Å². The second kappa shape index (κ2) is 4.51. The van der Waals surface area contributed by atoms with Crippen LogP contribution in [0.1, 0.15) is 31.9 Å². The Labute approximate surface area is 82.9 Å². The van der Waals surface area contributed by atoms with Gasteiger partial charge < -0.3 is 5.73 Å². The largest absolute Gasteiger partial charge is 0.324 e. The molecule has 3 heteroatoms. The molecule has 1 aromatic rings. The minimum atomic E-state index is -0.568. The van der Waals surface area contributed by atoms with Gasteiger partial charge in [-0.05, 0) is 18.1 Å². The van der Waals surface area contributed by atoms with E-state index in [2.05, 4.69) is 0 Å². The Morgan fingerprint density at radius 1 is 1.29 bits per heavy atom. The molecule has 0 aromatic heterocycles. The van der Waals surface area contributed by atoms with Crippen LogP contribution in [0, 0.1) is 17.6 Å². The van der Waals surface area contributed by atoms with Gasteiger partial charge in [0.1, 0.15) is 11.6 Å². The highest BCUT2D eigenvalue weighted by molar-refractivity contribution is 5.23. The number of benzene rings is 1. The van der Waals surface area contributed by atoms with Gasteiger partial charge in [-0.1, -0.05) is 26.3 Å². The van der Waals surface area contributed by atoms with Crippen LogP contribution in [0.3, 0.4) is 0 Å². The van der Waals surface area contributed by atoms with E-state index in [1.165, 1.54) is 18.2 Å². The Balaban J connectivity index is 3.05.